The van der Waals surface area contributed by atoms with Crippen molar-refractivity contribution in [1.29, 1.82) is 0 Å². The molecule has 3 aliphatic rings. The highest BCUT2D eigenvalue weighted by molar-refractivity contribution is 6.06. The van der Waals surface area contributed by atoms with E-state index in [1.54, 1.807) is 0 Å². The van der Waals surface area contributed by atoms with E-state index in [2.05, 4.69) is 33.9 Å². The first-order chi connectivity index (χ1) is 12.2. The molecule has 0 aromatic rings. The summed E-state index contributed by atoms with van der Waals surface area (Å²) in [7, 11) is 1.42. The normalized spacial score (nSPS) is 42.2. The highest BCUT2D eigenvalue weighted by atomic mass is 16.5. The van der Waals surface area contributed by atoms with E-state index in [-0.39, 0.29) is 23.1 Å². The average Bonchev–Trinajstić information content (AvgIpc) is 2.95. The molecule has 26 heavy (non-hydrogen) atoms. The van der Waals surface area contributed by atoms with Crippen LogP contribution in [-0.4, -0.2) is 18.9 Å². The van der Waals surface area contributed by atoms with Crippen LogP contribution in [-0.2, 0) is 14.3 Å². The first-order valence-electron chi connectivity index (χ1n) is 10.1. The van der Waals surface area contributed by atoms with Crippen molar-refractivity contribution in [2.24, 2.45) is 34.5 Å². The zero-order chi connectivity index (χ0) is 19.3. The van der Waals surface area contributed by atoms with E-state index >= 15 is 0 Å². The Kier molecular flexibility index (Phi) is 4.96. The van der Waals surface area contributed by atoms with Crippen LogP contribution in [0.3, 0.4) is 0 Å². The second-order valence-electron chi connectivity index (χ2n) is 9.49. The highest BCUT2D eigenvalue weighted by Gasteiger charge is 2.69. The van der Waals surface area contributed by atoms with Crippen LogP contribution in [0, 0.1) is 34.5 Å². The zero-order valence-corrected chi connectivity index (χ0v) is 16.9. The van der Waals surface area contributed by atoms with Crippen LogP contribution in [0.1, 0.15) is 65.7 Å². The second kappa shape index (κ2) is 6.65. The Morgan fingerprint density at radius 3 is 2.62 bits per heavy atom. The van der Waals surface area contributed by atoms with Gasteiger partial charge in [-0.05, 0) is 68.1 Å². The number of fused-ring (bicyclic) bond motifs is 3. The number of carbonyl (C=O) groups is 2. The van der Waals surface area contributed by atoms with Gasteiger partial charge >= 0.3 is 5.97 Å². The lowest BCUT2D eigenvalue weighted by Crippen LogP contribution is -2.60. The number of hydrogen-bond acceptors (Lipinski definition) is 3. The van der Waals surface area contributed by atoms with Gasteiger partial charge in [0.15, 0.2) is 5.78 Å². The number of Topliss-reactive ketones (excluding diaryl/α,β-unsaturated/α-hetero) is 1. The highest BCUT2D eigenvalue weighted by Crippen LogP contribution is 2.68. The van der Waals surface area contributed by atoms with Gasteiger partial charge in [-0.3, -0.25) is 9.59 Å². The maximum atomic E-state index is 13.2. The van der Waals surface area contributed by atoms with Crippen molar-refractivity contribution in [3.8, 4) is 0 Å². The molecular formula is C23H34O3. The van der Waals surface area contributed by atoms with Crippen LogP contribution in [0.5, 0.6) is 0 Å². The van der Waals surface area contributed by atoms with E-state index in [9.17, 15) is 9.59 Å². The monoisotopic (exact) mass is 358 g/mol. The molecule has 3 nitrogen and oxygen atoms in total. The molecule has 0 heterocycles. The lowest BCUT2D eigenvalue weighted by molar-refractivity contribution is -0.182. The van der Waals surface area contributed by atoms with Crippen LogP contribution in [0.2, 0.25) is 0 Å². The fourth-order valence-electron chi connectivity index (χ4n) is 6.77. The van der Waals surface area contributed by atoms with Gasteiger partial charge in [-0.2, -0.15) is 0 Å². The predicted octanol–water partition coefficient (Wildman–Crippen LogP) is 5.11. The molecule has 0 aromatic heterocycles. The molecular weight excluding hydrogens is 324 g/mol. The van der Waals surface area contributed by atoms with Gasteiger partial charge in [0, 0.05) is 6.42 Å². The number of carbonyl (C=O) groups excluding carboxylic acids is 2. The van der Waals surface area contributed by atoms with Gasteiger partial charge in [-0.1, -0.05) is 38.0 Å². The number of ether oxygens (including phenoxy) is 1. The molecule has 0 aliphatic heterocycles. The summed E-state index contributed by atoms with van der Waals surface area (Å²) >= 11 is 0. The minimum Gasteiger partial charge on any atom is -0.468 e. The molecule has 3 aliphatic carbocycles. The molecule has 0 aromatic carbocycles. The van der Waals surface area contributed by atoms with E-state index < -0.39 is 5.41 Å². The van der Waals surface area contributed by atoms with E-state index in [0.29, 0.717) is 30.6 Å². The Balaban J connectivity index is 2.08. The molecule has 3 fully saturated rings. The lowest BCUT2D eigenvalue weighted by Gasteiger charge is -2.60. The molecule has 0 unspecified atom stereocenters. The fourth-order valence-corrected chi connectivity index (χ4v) is 6.77. The van der Waals surface area contributed by atoms with Gasteiger partial charge in [0.2, 0.25) is 0 Å². The third kappa shape index (κ3) is 2.61. The number of ketones is 1. The van der Waals surface area contributed by atoms with Gasteiger partial charge in [0.1, 0.15) is 5.41 Å². The number of esters is 1. The van der Waals surface area contributed by atoms with Gasteiger partial charge in [0.05, 0.1) is 7.11 Å². The average molecular weight is 359 g/mol. The second-order valence-corrected chi connectivity index (χ2v) is 9.49. The first kappa shape index (κ1) is 19.4. The molecule has 0 amide bonds. The van der Waals surface area contributed by atoms with Crippen molar-refractivity contribution >= 4 is 11.8 Å². The summed E-state index contributed by atoms with van der Waals surface area (Å²) < 4.78 is 5.18. The summed E-state index contributed by atoms with van der Waals surface area (Å²) in [4.78, 5) is 26.1. The maximum Gasteiger partial charge on any atom is 0.320 e. The van der Waals surface area contributed by atoms with Crippen molar-refractivity contribution in [1.82, 2.24) is 0 Å². The first-order valence-corrected chi connectivity index (χ1v) is 10.1. The van der Waals surface area contributed by atoms with Crippen LogP contribution in [0.15, 0.2) is 24.3 Å². The quantitative estimate of drug-likeness (QED) is 0.398. The van der Waals surface area contributed by atoms with Gasteiger partial charge in [-0.25, -0.2) is 0 Å². The van der Waals surface area contributed by atoms with Gasteiger partial charge in [-0.15, -0.1) is 6.58 Å². The standard InChI is InChI=1S/C23H34O3/c1-14(2)7-10-18-16(4)8-9-17-12-20(24)23(21(25)26-6)13-15(3)11-19(23)22(17,18)5/h16-19H,1,3,7-13H2,2,4-6H3/t16-,17+,18+,19-,22+,23+/m0/s1. The zero-order valence-electron chi connectivity index (χ0n) is 16.9. The molecule has 3 rings (SSSR count). The Hall–Kier alpha value is -1.38. The third-order valence-corrected chi connectivity index (χ3v) is 8.06. The van der Waals surface area contributed by atoms with Crippen molar-refractivity contribution in [3.63, 3.8) is 0 Å². The molecule has 3 heteroatoms. The number of hydrogen-bond donors (Lipinski definition) is 0. The Morgan fingerprint density at radius 2 is 2.00 bits per heavy atom. The van der Waals surface area contributed by atoms with Crippen LogP contribution >= 0.6 is 0 Å². The van der Waals surface area contributed by atoms with Crippen molar-refractivity contribution in [2.75, 3.05) is 7.11 Å². The summed E-state index contributed by atoms with van der Waals surface area (Å²) in [5.41, 5.74) is 1.24. The topological polar surface area (TPSA) is 43.4 Å². The molecule has 0 saturated heterocycles. The van der Waals surface area contributed by atoms with Crippen LogP contribution in [0.4, 0.5) is 0 Å². The number of methoxy groups -OCH3 is 1. The summed E-state index contributed by atoms with van der Waals surface area (Å²) in [6.07, 6.45) is 6.16. The summed E-state index contributed by atoms with van der Waals surface area (Å²) in [6, 6.07) is 0. The summed E-state index contributed by atoms with van der Waals surface area (Å²) in [6.45, 7) is 15.1. The SMILES string of the molecule is C=C(C)CC[C@@H]1[C@@H](C)CC[C@@H]2CC(=O)[C@@]3(C(=O)OC)CC(=C)C[C@H]3[C@]21C. The minimum atomic E-state index is -0.990. The van der Waals surface area contributed by atoms with Crippen molar-refractivity contribution in [3.05, 3.63) is 24.3 Å². The van der Waals surface area contributed by atoms with Crippen molar-refractivity contribution < 1.29 is 14.3 Å². The molecule has 144 valence electrons. The van der Waals surface area contributed by atoms with Crippen LogP contribution < -0.4 is 0 Å². The molecule has 0 spiro atoms. The third-order valence-electron chi connectivity index (χ3n) is 8.06. The Labute approximate surface area is 158 Å². The summed E-state index contributed by atoms with van der Waals surface area (Å²) in [5.74, 6) is 1.28. The molecule has 0 N–H and O–H groups in total. The predicted molar refractivity (Wildman–Crippen MR) is 103 cm³/mol. The molecule has 0 radical (unpaired) electrons. The fraction of sp³-hybridized carbons (Fsp3) is 0.739. The lowest BCUT2D eigenvalue weighted by atomic mass is 9.43. The largest absolute Gasteiger partial charge is 0.468 e. The molecule has 6 atom stereocenters. The molecule has 3 saturated carbocycles. The number of rotatable bonds is 4. The van der Waals surface area contributed by atoms with Crippen LogP contribution in [0.25, 0.3) is 0 Å². The molecule has 0 bridgehead atoms. The van der Waals surface area contributed by atoms with Gasteiger partial charge < -0.3 is 4.74 Å². The van der Waals surface area contributed by atoms with E-state index in [1.807, 2.05) is 0 Å². The minimum absolute atomic E-state index is 0.0192. The maximum absolute atomic E-state index is 13.2. The Bertz CT molecular complexity index is 648. The number of allylic oxidation sites excluding steroid dienone is 2. The van der Waals surface area contributed by atoms with E-state index in [4.69, 9.17) is 4.74 Å². The van der Waals surface area contributed by atoms with Crippen molar-refractivity contribution in [2.45, 2.75) is 65.7 Å². The van der Waals surface area contributed by atoms with E-state index in [1.165, 1.54) is 19.1 Å². The van der Waals surface area contributed by atoms with Gasteiger partial charge in [0.25, 0.3) is 0 Å². The summed E-state index contributed by atoms with van der Waals surface area (Å²) in [5, 5.41) is 0. The van der Waals surface area contributed by atoms with E-state index in [0.717, 1.165) is 31.3 Å². The Morgan fingerprint density at radius 1 is 1.31 bits per heavy atom. The smallest absolute Gasteiger partial charge is 0.320 e.